The van der Waals surface area contributed by atoms with Gasteiger partial charge in [-0.2, -0.15) is 0 Å². The zero-order chi connectivity index (χ0) is 17.4. The third-order valence-corrected chi connectivity index (χ3v) is 5.19. The average molecular weight is 396 g/mol. The summed E-state index contributed by atoms with van der Waals surface area (Å²) in [5.74, 6) is 0.855. The van der Waals surface area contributed by atoms with Crippen LogP contribution in [0.25, 0.3) is 0 Å². The number of carbonyl (C=O) groups is 1. The van der Waals surface area contributed by atoms with Gasteiger partial charge in [-0.05, 0) is 76.1 Å². The highest BCUT2D eigenvalue weighted by molar-refractivity contribution is 9.10. The summed E-state index contributed by atoms with van der Waals surface area (Å²) in [5.41, 5.74) is 0.857. The van der Waals surface area contributed by atoms with Crippen LogP contribution < -0.4 is 5.32 Å². The van der Waals surface area contributed by atoms with Crippen LogP contribution in [0, 0.1) is 5.92 Å². The lowest BCUT2D eigenvalue weighted by Gasteiger charge is -2.33. The van der Waals surface area contributed by atoms with E-state index < -0.39 is 0 Å². The molecule has 1 amide bonds. The Kier molecular flexibility index (Phi) is 8.22. The van der Waals surface area contributed by atoms with Crippen molar-refractivity contribution >= 4 is 27.5 Å². The van der Waals surface area contributed by atoms with Crippen LogP contribution in [-0.2, 0) is 4.79 Å². The first-order valence-corrected chi connectivity index (χ1v) is 9.82. The number of anilines is 1. The summed E-state index contributed by atoms with van der Waals surface area (Å²) in [4.78, 5) is 16.9. The molecule has 0 spiro atoms. The summed E-state index contributed by atoms with van der Waals surface area (Å²) in [6, 6.07) is 7.72. The Hall–Kier alpha value is -0.910. The normalized spacial score (nSPS) is 16.5. The van der Waals surface area contributed by atoms with Crippen molar-refractivity contribution < 1.29 is 4.79 Å². The molecule has 1 fully saturated rings. The van der Waals surface area contributed by atoms with E-state index in [2.05, 4.69) is 45.0 Å². The second-order valence-electron chi connectivity index (χ2n) is 6.89. The Labute approximate surface area is 154 Å². The average Bonchev–Trinajstić information content (AvgIpc) is 2.57. The fraction of sp³-hybridized carbons (Fsp3) is 0.632. The van der Waals surface area contributed by atoms with E-state index in [0.717, 1.165) is 29.2 Å². The minimum atomic E-state index is 0.0795. The number of likely N-dealkylation sites (tertiary alicyclic amines) is 1. The molecule has 4 nitrogen and oxygen atoms in total. The molecule has 1 aliphatic rings. The van der Waals surface area contributed by atoms with Gasteiger partial charge in [0.05, 0.1) is 6.54 Å². The predicted molar refractivity (Wildman–Crippen MR) is 104 cm³/mol. The fourth-order valence-corrected chi connectivity index (χ4v) is 3.49. The predicted octanol–water partition coefficient (Wildman–Crippen LogP) is 3.83. The van der Waals surface area contributed by atoms with Gasteiger partial charge in [-0.25, -0.2) is 0 Å². The Balaban J connectivity index is 1.67. The number of unbranched alkanes of at least 4 members (excludes halogenated alkanes) is 1. The molecule has 0 saturated carbocycles. The quantitative estimate of drug-likeness (QED) is 0.726. The number of amides is 1. The molecule has 24 heavy (non-hydrogen) atoms. The molecule has 1 N–H and O–H groups in total. The van der Waals surface area contributed by atoms with Crippen LogP contribution in [0.3, 0.4) is 0 Å². The van der Waals surface area contributed by atoms with Gasteiger partial charge in [0, 0.05) is 16.7 Å². The Bertz CT molecular complexity index is 498. The van der Waals surface area contributed by atoms with Gasteiger partial charge in [0.15, 0.2) is 0 Å². The zero-order valence-corrected chi connectivity index (χ0v) is 16.5. The van der Waals surface area contributed by atoms with Crippen molar-refractivity contribution in [1.29, 1.82) is 0 Å². The highest BCUT2D eigenvalue weighted by atomic mass is 79.9. The summed E-state index contributed by atoms with van der Waals surface area (Å²) >= 11 is 3.40. The van der Waals surface area contributed by atoms with Crippen molar-refractivity contribution in [1.82, 2.24) is 9.80 Å². The van der Waals surface area contributed by atoms with E-state index in [1.165, 1.54) is 38.8 Å². The highest BCUT2D eigenvalue weighted by Gasteiger charge is 2.21. The van der Waals surface area contributed by atoms with E-state index in [-0.39, 0.29) is 5.91 Å². The molecule has 0 aliphatic carbocycles. The third-order valence-electron chi connectivity index (χ3n) is 4.67. The van der Waals surface area contributed by atoms with E-state index in [1.807, 2.05) is 24.3 Å². The fourth-order valence-electron chi connectivity index (χ4n) is 3.22. The molecular weight excluding hydrogens is 366 g/mol. The van der Waals surface area contributed by atoms with Gasteiger partial charge in [-0.1, -0.05) is 29.3 Å². The lowest BCUT2D eigenvalue weighted by Crippen LogP contribution is -2.41. The minimum Gasteiger partial charge on any atom is -0.325 e. The Morgan fingerprint density at radius 2 is 1.96 bits per heavy atom. The van der Waals surface area contributed by atoms with Crippen LogP contribution in [0.15, 0.2) is 28.7 Å². The van der Waals surface area contributed by atoms with E-state index in [9.17, 15) is 4.79 Å². The van der Waals surface area contributed by atoms with Crippen LogP contribution in [0.2, 0.25) is 0 Å². The van der Waals surface area contributed by atoms with Crippen molar-refractivity contribution in [3.8, 4) is 0 Å². The molecule has 1 heterocycles. The van der Waals surface area contributed by atoms with Crippen LogP contribution in [0.1, 0.15) is 32.6 Å². The van der Waals surface area contributed by atoms with Crippen molar-refractivity contribution in [3.63, 3.8) is 0 Å². The third kappa shape index (κ3) is 6.91. The maximum absolute atomic E-state index is 12.2. The number of nitrogens with one attached hydrogen (secondary N) is 1. The second-order valence-corrected chi connectivity index (χ2v) is 7.81. The molecule has 0 atom stereocenters. The molecule has 0 radical (unpaired) electrons. The summed E-state index contributed by atoms with van der Waals surface area (Å²) in [7, 11) is 2.23. The number of hydrogen-bond donors (Lipinski definition) is 1. The molecule has 134 valence electrons. The molecule has 1 saturated heterocycles. The van der Waals surface area contributed by atoms with Gasteiger partial charge in [-0.15, -0.1) is 0 Å². The Morgan fingerprint density at radius 3 is 2.58 bits per heavy atom. The number of piperidine rings is 1. The van der Waals surface area contributed by atoms with Crippen LogP contribution in [0.5, 0.6) is 0 Å². The molecule has 1 aliphatic heterocycles. The number of benzene rings is 1. The van der Waals surface area contributed by atoms with Crippen molar-refractivity contribution in [2.24, 2.45) is 5.92 Å². The summed E-state index contributed by atoms with van der Waals surface area (Å²) in [6.45, 7) is 7.19. The maximum atomic E-state index is 12.2. The minimum absolute atomic E-state index is 0.0795. The maximum Gasteiger partial charge on any atom is 0.238 e. The van der Waals surface area contributed by atoms with Gasteiger partial charge in [0.1, 0.15) is 0 Å². The lowest BCUT2D eigenvalue weighted by molar-refractivity contribution is -0.117. The molecule has 0 aromatic heterocycles. The molecular formula is C19H30BrN3O. The van der Waals surface area contributed by atoms with Crippen molar-refractivity contribution in [2.75, 3.05) is 45.1 Å². The first-order chi connectivity index (χ1) is 11.6. The molecule has 5 heteroatoms. The van der Waals surface area contributed by atoms with Crippen LogP contribution in [0.4, 0.5) is 5.69 Å². The monoisotopic (exact) mass is 395 g/mol. The number of rotatable bonds is 8. The number of halogens is 1. The summed E-state index contributed by atoms with van der Waals surface area (Å²) in [6.07, 6.45) is 4.94. The molecule has 1 aromatic carbocycles. The number of carbonyl (C=O) groups excluding carboxylic acids is 1. The SMILES string of the molecule is CCCCN(C)CC1CCN(CC(=O)Nc2ccc(Br)cc2)CC1. The zero-order valence-electron chi connectivity index (χ0n) is 14.9. The van der Waals surface area contributed by atoms with Gasteiger partial charge in [0.25, 0.3) is 0 Å². The van der Waals surface area contributed by atoms with Gasteiger partial charge >= 0.3 is 0 Å². The Morgan fingerprint density at radius 1 is 1.29 bits per heavy atom. The van der Waals surface area contributed by atoms with E-state index in [4.69, 9.17) is 0 Å². The van der Waals surface area contributed by atoms with E-state index in [0.29, 0.717) is 6.54 Å². The molecule has 0 bridgehead atoms. The van der Waals surface area contributed by atoms with Crippen molar-refractivity contribution in [2.45, 2.75) is 32.6 Å². The lowest BCUT2D eigenvalue weighted by atomic mass is 9.96. The molecule has 1 aromatic rings. The molecule has 2 rings (SSSR count). The number of hydrogen-bond acceptors (Lipinski definition) is 3. The second kappa shape index (κ2) is 10.2. The largest absolute Gasteiger partial charge is 0.325 e. The van der Waals surface area contributed by atoms with Crippen LogP contribution in [-0.4, -0.2) is 55.5 Å². The first kappa shape index (κ1) is 19.4. The standard InChI is InChI=1S/C19H30BrN3O/c1-3-4-11-22(2)14-16-9-12-23(13-10-16)15-19(24)21-18-7-5-17(20)6-8-18/h5-8,16H,3-4,9-15H2,1-2H3,(H,21,24). The highest BCUT2D eigenvalue weighted by Crippen LogP contribution is 2.18. The van der Waals surface area contributed by atoms with Gasteiger partial charge in [0.2, 0.25) is 5.91 Å². The van der Waals surface area contributed by atoms with E-state index >= 15 is 0 Å². The summed E-state index contributed by atoms with van der Waals surface area (Å²) in [5, 5.41) is 2.97. The summed E-state index contributed by atoms with van der Waals surface area (Å²) < 4.78 is 1.02. The smallest absolute Gasteiger partial charge is 0.238 e. The van der Waals surface area contributed by atoms with Gasteiger partial charge < -0.3 is 10.2 Å². The van der Waals surface area contributed by atoms with E-state index in [1.54, 1.807) is 0 Å². The number of nitrogens with zero attached hydrogens (tertiary/aromatic N) is 2. The van der Waals surface area contributed by atoms with Gasteiger partial charge in [-0.3, -0.25) is 9.69 Å². The molecule has 0 unspecified atom stereocenters. The van der Waals surface area contributed by atoms with Crippen LogP contribution >= 0.6 is 15.9 Å². The first-order valence-electron chi connectivity index (χ1n) is 9.03. The topological polar surface area (TPSA) is 35.6 Å². The van der Waals surface area contributed by atoms with Crippen molar-refractivity contribution in [3.05, 3.63) is 28.7 Å².